The zero-order valence-corrected chi connectivity index (χ0v) is 8.80. The Morgan fingerprint density at radius 1 is 1.57 bits per heavy atom. The molecule has 80 valence electrons. The lowest BCUT2D eigenvalue weighted by molar-refractivity contribution is 0.0563. The van der Waals surface area contributed by atoms with Crippen LogP contribution in [0.25, 0.3) is 0 Å². The summed E-state index contributed by atoms with van der Waals surface area (Å²) < 4.78 is 9.70. The Morgan fingerprint density at radius 3 is 2.86 bits per heavy atom. The van der Waals surface area contributed by atoms with Crippen molar-refractivity contribution in [3.05, 3.63) is 23.7 Å². The molecule has 0 saturated carbocycles. The third kappa shape index (κ3) is 3.40. The summed E-state index contributed by atoms with van der Waals surface area (Å²) in [5, 5.41) is 0. The fourth-order valence-corrected chi connectivity index (χ4v) is 0.999. The van der Waals surface area contributed by atoms with Gasteiger partial charge in [0.05, 0.1) is 7.11 Å². The lowest BCUT2D eigenvalue weighted by Crippen LogP contribution is -2.00. The topological polar surface area (TPSA) is 65.5 Å². The van der Waals surface area contributed by atoms with Crippen LogP contribution in [0.3, 0.4) is 0 Å². The monoisotopic (exact) mass is 219 g/mol. The van der Waals surface area contributed by atoms with Crippen LogP contribution in [-0.4, -0.2) is 19.6 Å². The van der Waals surface area contributed by atoms with E-state index in [2.05, 4.69) is 4.74 Å². The van der Waals surface area contributed by atoms with Crippen molar-refractivity contribution in [3.63, 3.8) is 0 Å². The molecule has 0 bridgehead atoms. The highest BCUT2D eigenvalue weighted by Crippen LogP contribution is 2.10. The molecule has 5 heteroatoms. The number of rotatable bonds is 4. The molecule has 1 heterocycles. The third-order valence-electron chi connectivity index (χ3n) is 1.68. The Morgan fingerprint density at radius 2 is 2.29 bits per heavy atom. The molecule has 0 amide bonds. The van der Waals surface area contributed by atoms with Crippen LogP contribution in [0, 0.1) is 0 Å². The number of hydrogen-bond acceptors (Lipinski definition) is 4. The van der Waals surface area contributed by atoms with Gasteiger partial charge in [-0.2, -0.15) is 0 Å². The minimum atomic E-state index is -0.445. The zero-order valence-electron chi connectivity index (χ0n) is 7.99. The Bertz CT molecular complexity index is 285. The van der Waals surface area contributed by atoms with Crippen LogP contribution in [0.15, 0.2) is 16.5 Å². The Hall–Kier alpha value is -1.00. The van der Waals surface area contributed by atoms with Gasteiger partial charge in [0.1, 0.15) is 5.76 Å². The average molecular weight is 220 g/mol. The number of halogens is 1. The van der Waals surface area contributed by atoms with Gasteiger partial charge in [-0.1, -0.05) is 0 Å². The molecule has 0 fully saturated rings. The van der Waals surface area contributed by atoms with Crippen molar-refractivity contribution in [2.45, 2.75) is 12.8 Å². The van der Waals surface area contributed by atoms with Gasteiger partial charge in [-0.15, -0.1) is 12.4 Å². The van der Waals surface area contributed by atoms with E-state index >= 15 is 0 Å². The van der Waals surface area contributed by atoms with E-state index in [1.165, 1.54) is 7.11 Å². The largest absolute Gasteiger partial charge is 0.463 e. The fraction of sp³-hybridized carbons (Fsp3) is 0.444. The molecule has 0 atom stereocenters. The van der Waals surface area contributed by atoms with Gasteiger partial charge in [0.2, 0.25) is 5.76 Å². The van der Waals surface area contributed by atoms with Crippen LogP contribution in [0.5, 0.6) is 0 Å². The predicted molar refractivity (Wildman–Crippen MR) is 54.7 cm³/mol. The molecule has 0 spiro atoms. The third-order valence-corrected chi connectivity index (χ3v) is 1.68. The van der Waals surface area contributed by atoms with E-state index in [9.17, 15) is 4.79 Å². The molecule has 0 aliphatic rings. The summed E-state index contributed by atoms with van der Waals surface area (Å²) in [5.41, 5.74) is 5.34. The predicted octanol–water partition coefficient (Wildman–Crippen LogP) is 1.38. The van der Waals surface area contributed by atoms with Gasteiger partial charge in [0.15, 0.2) is 0 Å². The number of ether oxygens (including phenoxy) is 1. The lowest BCUT2D eigenvalue weighted by Gasteiger charge is -1.94. The summed E-state index contributed by atoms with van der Waals surface area (Å²) >= 11 is 0. The first-order valence-corrected chi connectivity index (χ1v) is 4.15. The Balaban J connectivity index is 0.00000169. The van der Waals surface area contributed by atoms with Crippen LogP contribution in [0.1, 0.15) is 22.7 Å². The average Bonchev–Trinajstić information content (AvgIpc) is 2.62. The molecule has 14 heavy (non-hydrogen) atoms. The van der Waals surface area contributed by atoms with Crippen molar-refractivity contribution < 1.29 is 13.9 Å². The van der Waals surface area contributed by atoms with Gasteiger partial charge in [0, 0.05) is 6.42 Å². The van der Waals surface area contributed by atoms with Crippen molar-refractivity contribution in [1.82, 2.24) is 0 Å². The zero-order chi connectivity index (χ0) is 9.68. The summed E-state index contributed by atoms with van der Waals surface area (Å²) in [6.45, 7) is 0.619. The second-order valence-corrected chi connectivity index (χ2v) is 2.65. The molecule has 4 nitrogen and oxygen atoms in total. The minimum absolute atomic E-state index is 0. The number of nitrogens with two attached hydrogens (primary N) is 1. The van der Waals surface area contributed by atoms with Crippen LogP contribution in [0.4, 0.5) is 0 Å². The van der Waals surface area contributed by atoms with E-state index in [-0.39, 0.29) is 18.2 Å². The maximum atomic E-state index is 11.0. The molecular formula is C9H14ClNO3. The van der Waals surface area contributed by atoms with Gasteiger partial charge in [-0.3, -0.25) is 0 Å². The van der Waals surface area contributed by atoms with Crippen molar-refractivity contribution in [2.75, 3.05) is 13.7 Å². The van der Waals surface area contributed by atoms with Crippen LogP contribution < -0.4 is 5.73 Å². The first-order valence-electron chi connectivity index (χ1n) is 4.15. The molecular weight excluding hydrogens is 206 g/mol. The summed E-state index contributed by atoms with van der Waals surface area (Å²) in [6, 6.07) is 3.37. The molecule has 0 radical (unpaired) electrons. The summed E-state index contributed by atoms with van der Waals surface area (Å²) in [5.74, 6) is 0.569. The normalized spacial score (nSPS) is 9.29. The Labute approximate surface area is 88.8 Å². The highest BCUT2D eigenvalue weighted by atomic mass is 35.5. The molecule has 0 aromatic carbocycles. The molecule has 0 saturated heterocycles. The van der Waals surface area contributed by atoms with Crippen molar-refractivity contribution in [2.24, 2.45) is 5.73 Å². The van der Waals surface area contributed by atoms with Gasteiger partial charge >= 0.3 is 5.97 Å². The number of furan rings is 1. The van der Waals surface area contributed by atoms with Crippen molar-refractivity contribution >= 4 is 18.4 Å². The van der Waals surface area contributed by atoms with Gasteiger partial charge < -0.3 is 14.9 Å². The molecule has 1 rings (SSSR count). The first-order chi connectivity index (χ1) is 6.27. The molecule has 2 N–H and O–H groups in total. The number of hydrogen-bond donors (Lipinski definition) is 1. The standard InChI is InChI=1S/C9H13NO3.ClH/c1-12-9(11)8-5-4-7(13-8)3-2-6-10;/h4-5H,2-3,6,10H2,1H3;1H. The summed E-state index contributed by atoms with van der Waals surface area (Å²) in [4.78, 5) is 11.0. The first kappa shape index (κ1) is 13.0. The maximum absolute atomic E-state index is 11.0. The summed E-state index contributed by atoms with van der Waals surface area (Å²) in [6.07, 6.45) is 1.61. The minimum Gasteiger partial charge on any atom is -0.463 e. The molecule has 0 aliphatic carbocycles. The van der Waals surface area contributed by atoms with E-state index in [0.717, 1.165) is 18.6 Å². The number of esters is 1. The highest BCUT2D eigenvalue weighted by Gasteiger charge is 2.10. The van der Waals surface area contributed by atoms with Crippen LogP contribution in [-0.2, 0) is 11.2 Å². The van der Waals surface area contributed by atoms with E-state index in [0.29, 0.717) is 6.54 Å². The smallest absolute Gasteiger partial charge is 0.373 e. The highest BCUT2D eigenvalue weighted by molar-refractivity contribution is 5.86. The summed E-state index contributed by atoms with van der Waals surface area (Å²) in [7, 11) is 1.32. The number of carbonyl (C=O) groups is 1. The number of methoxy groups -OCH3 is 1. The fourth-order valence-electron chi connectivity index (χ4n) is 0.999. The molecule has 1 aromatic rings. The van der Waals surface area contributed by atoms with E-state index < -0.39 is 5.97 Å². The SMILES string of the molecule is COC(=O)c1ccc(CCCN)o1.Cl. The van der Waals surface area contributed by atoms with E-state index in [1.807, 2.05) is 0 Å². The number of carbonyl (C=O) groups excluding carboxylic acids is 1. The number of aryl methyl sites for hydroxylation is 1. The van der Waals surface area contributed by atoms with E-state index in [1.54, 1.807) is 12.1 Å². The van der Waals surface area contributed by atoms with Gasteiger partial charge in [-0.05, 0) is 25.1 Å². The van der Waals surface area contributed by atoms with Crippen molar-refractivity contribution in [3.8, 4) is 0 Å². The molecule has 1 aromatic heterocycles. The second kappa shape index (κ2) is 6.45. The quantitative estimate of drug-likeness (QED) is 0.777. The van der Waals surface area contributed by atoms with Gasteiger partial charge in [-0.25, -0.2) is 4.79 Å². The van der Waals surface area contributed by atoms with Crippen LogP contribution >= 0.6 is 12.4 Å². The Kier molecular flexibility index (Phi) is 5.99. The van der Waals surface area contributed by atoms with Gasteiger partial charge in [0.25, 0.3) is 0 Å². The lowest BCUT2D eigenvalue weighted by atomic mass is 10.2. The maximum Gasteiger partial charge on any atom is 0.373 e. The second-order valence-electron chi connectivity index (χ2n) is 2.65. The van der Waals surface area contributed by atoms with Crippen molar-refractivity contribution in [1.29, 1.82) is 0 Å². The van der Waals surface area contributed by atoms with Crippen LogP contribution in [0.2, 0.25) is 0 Å². The molecule has 0 aliphatic heterocycles. The molecule has 0 unspecified atom stereocenters. The van der Waals surface area contributed by atoms with E-state index in [4.69, 9.17) is 10.2 Å².